The molecule has 78 valence electrons. The molecule has 1 amide bonds. The van der Waals surface area contributed by atoms with Gasteiger partial charge < -0.3 is 10.1 Å². The lowest BCUT2D eigenvalue weighted by molar-refractivity contribution is -0.115. The Morgan fingerprint density at radius 2 is 2.33 bits per heavy atom. The highest BCUT2D eigenvalue weighted by Gasteiger charge is 2.06. The van der Waals surface area contributed by atoms with E-state index in [1.165, 1.54) is 7.11 Å². The van der Waals surface area contributed by atoms with Crippen molar-refractivity contribution >= 4 is 11.6 Å². The van der Waals surface area contributed by atoms with E-state index < -0.39 is 0 Å². The molecule has 4 nitrogen and oxygen atoms in total. The third kappa shape index (κ3) is 2.99. The van der Waals surface area contributed by atoms with E-state index in [0.717, 1.165) is 5.56 Å². The quantitative estimate of drug-likeness (QED) is 0.817. The Hall–Kier alpha value is -2.02. The predicted molar refractivity (Wildman–Crippen MR) is 56.6 cm³/mol. The third-order valence-corrected chi connectivity index (χ3v) is 1.87. The molecule has 15 heavy (non-hydrogen) atoms. The van der Waals surface area contributed by atoms with Gasteiger partial charge in [0.25, 0.3) is 0 Å². The van der Waals surface area contributed by atoms with Gasteiger partial charge in [-0.2, -0.15) is 5.26 Å². The molecule has 0 aliphatic heterocycles. The van der Waals surface area contributed by atoms with Crippen LogP contribution < -0.4 is 10.1 Å². The van der Waals surface area contributed by atoms with Crippen LogP contribution in [0.15, 0.2) is 18.2 Å². The lowest BCUT2D eigenvalue weighted by Gasteiger charge is -2.09. The third-order valence-electron chi connectivity index (χ3n) is 1.87. The number of nitriles is 1. The number of benzene rings is 1. The van der Waals surface area contributed by atoms with E-state index >= 15 is 0 Å². The normalized spacial score (nSPS) is 9.13. The van der Waals surface area contributed by atoms with Crippen LogP contribution >= 0.6 is 0 Å². The number of aryl methyl sites for hydroxylation is 1. The fraction of sp³-hybridized carbons (Fsp3) is 0.273. The maximum Gasteiger partial charge on any atom is 0.238 e. The van der Waals surface area contributed by atoms with Gasteiger partial charge in [0.1, 0.15) is 12.2 Å². The first-order chi connectivity index (χ1) is 7.17. The number of nitrogens with one attached hydrogen (secondary N) is 1. The SMILES string of the molecule is COc1cc(C)ccc1NC(=O)CC#N. The van der Waals surface area contributed by atoms with Crippen molar-refractivity contribution in [3.8, 4) is 11.8 Å². The zero-order valence-electron chi connectivity index (χ0n) is 8.70. The van der Waals surface area contributed by atoms with Crippen molar-refractivity contribution in [1.82, 2.24) is 0 Å². The van der Waals surface area contributed by atoms with E-state index in [0.29, 0.717) is 11.4 Å². The Morgan fingerprint density at radius 3 is 2.93 bits per heavy atom. The largest absolute Gasteiger partial charge is 0.495 e. The Morgan fingerprint density at radius 1 is 1.60 bits per heavy atom. The first-order valence-electron chi connectivity index (χ1n) is 4.49. The number of hydrogen-bond donors (Lipinski definition) is 1. The summed E-state index contributed by atoms with van der Waals surface area (Å²) in [4.78, 5) is 11.2. The number of methoxy groups -OCH3 is 1. The van der Waals surface area contributed by atoms with Gasteiger partial charge in [-0.3, -0.25) is 4.79 Å². The number of hydrogen-bond acceptors (Lipinski definition) is 3. The fourth-order valence-corrected chi connectivity index (χ4v) is 1.17. The van der Waals surface area contributed by atoms with Gasteiger partial charge in [0, 0.05) is 0 Å². The topological polar surface area (TPSA) is 62.1 Å². The van der Waals surface area contributed by atoms with Gasteiger partial charge in [0.15, 0.2) is 0 Å². The summed E-state index contributed by atoms with van der Waals surface area (Å²) in [6.07, 6.45) is -0.156. The minimum atomic E-state index is -0.334. The number of anilines is 1. The van der Waals surface area contributed by atoms with E-state index in [2.05, 4.69) is 5.32 Å². The first-order valence-corrected chi connectivity index (χ1v) is 4.49. The van der Waals surface area contributed by atoms with Gasteiger partial charge in [-0.05, 0) is 24.6 Å². The maximum absolute atomic E-state index is 11.2. The molecule has 0 radical (unpaired) electrons. The molecule has 1 N–H and O–H groups in total. The van der Waals surface area contributed by atoms with Crippen LogP contribution in [0.4, 0.5) is 5.69 Å². The van der Waals surface area contributed by atoms with E-state index in [1.54, 1.807) is 12.1 Å². The van der Waals surface area contributed by atoms with Crippen molar-refractivity contribution in [2.24, 2.45) is 0 Å². The van der Waals surface area contributed by atoms with E-state index in [1.807, 2.05) is 19.1 Å². The predicted octanol–water partition coefficient (Wildman–Crippen LogP) is 1.86. The summed E-state index contributed by atoms with van der Waals surface area (Å²) >= 11 is 0. The first kappa shape index (κ1) is 11.1. The van der Waals surface area contributed by atoms with E-state index in [-0.39, 0.29) is 12.3 Å². The van der Waals surface area contributed by atoms with Gasteiger partial charge in [-0.25, -0.2) is 0 Å². The fourth-order valence-electron chi connectivity index (χ4n) is 1.17. The molecule has 1 aromatic carbocycles. The Kier molecular flexibility index (Phi) is 3.69. The zero-order valence-corrected chi connectivity index (χ0v) is 8.70. The maximum atomic E-state index is 11.2. The van der Waals surface area contributed by atoms with Crippen LogP contribution in [0.1, 0.15) is 12.0 Å². The summed E-state index contributed by atoms with van der Waals surface area (Å²) < 4.78 is 5.11. The summed E-state index contributed by atoms with van der Waals surface area (Å²) in [6, 6.07) is 7.22. The minimum absolute atomic E-state index is 0.156. The number of nitrogens with zero attached hydrogens (tertiary/aromatic N) is 1. The summed E-state index contributed by atoms with van der Waals surface area (Å²) in [5.41, 5.74) is 1.63. The Bertz CT molecular complexity index is 408. The number of carbonyl (C=O) groups excluding carboxylic acids is 1. The molecule has 0 aliphatic rings. The average molecular weight is 204 g/mol. The van der Waals surface area contributed by atoms with Crippen molar-refractivity contribution < 1.29 is 9.53 Å². The lowest BCUT2D eigenvalue weighted by atomic mass is 10.2. The van der Waals surface area contributed by atoms with E-state index in [9.17, 15) is 4.79 Å². The smallest absolute Gasteiger partial charge is 0.238 e. The number of ether oxygens (including phenoxy) is 1. The van der Waals surface area contributed by atoms with Gasteiger partial charge in [-0.1, -0.05) is 6.07 Å². The Balaban J connectivity index is 2.85. The van der Waals surface area contributed by atoms with Crippen molar-refractivity contribution in [3.63, 3.8) is 0 Å². The highest BCUT2D eigenvalue weighted by molar-refractivity contribution is 5.93. The molecule has 0 spiro atoms. The van der Waals surface area contributed by atoms with Gasteiger partial charge in [0.2, 0.25) is 5.91 Å². The van der Waals surface area contributed by atoms with Crippen LogP contribution in [0.3, 0.4) is 0 Å². The van der Waals surface area contributed by atoms with Crippen LogP contribution in [0, 0.1) is 18.3 Å². The van der Waals surface area contributed by atoms with Gasteiger partial charge in [-0.15, -0.1) is 0 Å². The molecule has 0 unspecified atom stereocenters. The van der Waals surface area contributed by atoms with Crippen LogP contribution in [0.25, 0.3) is 0 Å². The molecule has 0 saturated heterocycles. The molecule has 0 bridgehead atoms. The molecule has 0 aliphatic carbocycles. The highest BCUT2D eigenvalue weighted by atomic mass is 16.5. The summed E-state index contributed by atoms with van der Waals surface area (Å²) in [5, 5.41) is 10.9. The van der Waals surface area contributed by atoms with Crippen LogP contribution in [-0.2, 0) is 4.79 Å². The van der Waals surface area contributed by atoms with Crippen molar-refractivity contribution in [2.45, 2.75) is 13.3 Å². The van der Waals surface area contributed by atoms with Crippen LogP contribution in [0.2, 0.25) is 0 Å². The number of rotatable bonds is 3. The molecule has 1 aromatic rings. The second-order valence-corrected chi connectivity index (χ2v) is 3.09. The van der Waals surface area contributed by atoms with Gasteiger partial charge >= 0.3 is 0 Å². The average Bonchev–Trinajstić information content (AvgIpc) is 2.21. The highest BCUT2D eigenvalue weighted by Crippen LogP contribution is 2.25. The molecular formula is C11H12N2O2. The summed E-state index contributed by atoms with van der Waals surface area (Å²) in [6.45, 7) is 1.93. The van der Waals surface area contributed by atoms with Crippen molar-refractivity contribution in [3.05, 3.63) is 23.8 Å². The minimum Gasteiger partial charge on any atom is -0.495 e. The zero-order chi connectivity index (χ0) is 11.3. The number of amides is 1. The summed E-state index contributed by atoms with van der Waals surface area (Å²) in [7, 11) is 1.54. The van der Waals surface area contributed by atoms with Crippen molar-refractivity contribution in [1.29, 1.82) is 5.26 Å². The molecule has 0 heterocycles. The van der Waals surface area contributed by atoms with Crippen molar-refractivity contribution in [2.75, 3.05) is 12.4 Å². The molecule has 0 atom stereocenters. The second kappa shape index (κ2) is 5.01. The lowest BCUT2D eigenvalue weighted by Crippen LogP contribution is -2.11. The Labute approximate surface area is 88.5 Å². The standard InChI is InChI=1S/C11H12N2O2/c1-8-3-4-9(10(7-8)15-2)13-11(14)5-6-12/h3-4,7H,5H2,1-2H3,(H,13,14). The molecule has 0 saturated carbocycles. The molecule has 4 heteroatoms. The molecule has 0 fully saturated rings. The molecule has 0 aromatic heterocycles. The molecular weight excluding hydrogens is 192 g/mol. The van der Waals surface area contributed by atoms with Crippen LogP contribution in [-0.4, -0.2) is 13.0 Å². The number of carbonyl (C=O) groups is 1. The van der Waals surface area contributed by atoms with E-state index in [4.69, 9.17) is 10.00 Å². The summed E-state index contributed by atoms with van der Waals surface area (Å²) in [5.74, 6) is 0.265. The molecule has 1 rings (SSSR count). The second-order valence-electron chi connectivity index (χ2n) is 3.09. The van der Waals surface area contributed by atoms with Crippen LogP contribution in [0.5, 0.6) is 5.75 Å². The monoisotopic (exact) mass is 204 g/mol. The van der Waals surface area contributed by atoms with Gasteiger partial charge in [0.05, 0.1) is 18.9 Å².